The number of nitrogens with zero attached hydrogens (tertiary/aromatic N) is 3. The van der Waals surface area contributed by atoms with Crippen molar-refractivity contribution in [2.24, 2.45) is 5.73 Å². The van der Waals surface area contributed by atoms with Crippen molar-refractivity contribution in [3.05, 3.63) is 29.8 Å². The second-order valence-electron chi connectivity index (χ2n) is 3.39. The number of amides is 1. The Kier molecular flexibility index (Phi) is 2.37. The lowest BCUT2D eigenvalue weighted by atomic mass is 10.3. The molecular formula is C10H12N4O. The number of primary amides is 1. The number of fused-ring (bicyclic) bond motifs is 1. The van der Waals surface area contributed by atoms with Crippen LogP contribution < -0.4 is 5.73 Å². The van der Waals surface area contributed by atoms with Crippen molar-refractivity contribution in [1.82, 2.24) is 14.6 Å². The molecule has 2 rings (SSSR count). The highest BCUT2D eigenvalue weighted by atomic mass is 16.1. The molecule has 15 heavy (non-hydrogen) atoms. The van der Waals surface area contributed by atoms with Crippen LogP contribution in [0.4, 0.5) is 0 Å². The number of carbonyl (C=O) groups excluding carboxylic acids is 1. The normalized spacial score (nSPS) is 10.7. The lowest BCUT2D eigenvalue weighted by Gasteiger charge is -1.97. The van der Waals surface area contributed by atoms with Crippen molar-refractivity contribution in [2.45, 2.75) is 19.8 Å². The molecule has 0 spiro atoms. The van der Waals surface area contributed by atoms with Crippen LogP contribution in [0, 0.1) is 0 Å². The third-order valence-corrected chi connectivity index (χ3v) is 2.16. The molecule has 78 valence electrons. The molecule has 0 bridgehead atoms. The molecule has 1 amide bonds. The zero-order chi connectivity index (χ0) is 10.8. The number of aromatic nitrogens is 3. The van der Waals surface area contributed by atoms with Crippen molar-refractivity contribution in [1.29, 1.82) is 0 Å². The van der Waals surface area contributed by atoms with Crippen LogP contribution >= 0.6 is 0 Å². The molecule has 0 aromatic carbocycles. The predicted molar refractivity (Wildman–Crippen MR) is 55.5 cm³/mol. The Morgan fingerprint density at radius 2 is 2.40 bits per heavy atom. The summed E-state index contributed by atoms with van der Waals surface area (Å²) in [4.78, 5) is 15.1. The first-order chi connectivity index (χ1) is 7.20. The molecular weight excluding hydrogens is 192 g/mol. The number of rotatable bonds is 3. The van der Waals surface area contributed by atoms with Crippen LogP contribution in [-0.2, 0) is 6.42 Å². The van der Waals surface area contributed by atoms with E-state index in [0.717, 1.165) is 24.2 Å². The first-order valence-electron chi connectivity index (χ1n) is 4.85. The lowest BCUT2D eigenvalue weighted by Crippen LogP contribution is -2.09. The van der Waals surface area contributed by atoms with Gasteiger partial charge in [0.2, 0.25) is 5.91 Å². The SMILES string of the molecule is CCCc1ncc2cc(C(N)=O)cn2n1. The van der Waals surface area contributed by atoms with E-state index in [1.54, 1.807) is 23.0 Å². The monoisotopic (exact) mass is 204 g/mol. The Balaban J connectivity index is 2.47. The van der Waals surface area contributed by atoms with Crippen molar-refractivity contribution in [3.63, 3.8) is 0 Å². The zero-order valence-corrected chi connectivity index (χ0v) is 8.47. The summed E-state index contributed by atoms with van der Waals surface area (Å²) in [6, 6.07) is 1.68. The highest BCUT2D eigenvalue weighted by molar-refractivity contribution is 5.94. The average Bonchev–Trinajstić information content (AvgIpc) is 2.61. The molecule has 0 saturated heterocycles. The molecule has 5 heteroatoms. The lowest BCUT2D eigenvalue weighted by molar-refractivity contribution is 0.100. The molecule has 0 fully saturated rings. The molecule has 0 aliphatic rings. The number of aryl methyl sites for hydroxylation is 1. The maximum Gasteiger partial charge on any atom is 0.250 e. The van der Waals surface area contributed by atoms with Crippen molar-refractivity contribution in [2.75, 3.05) is 0 Å². The molecule has 0 aliphatic carbocycles. The first-order valence-corrected chi connectivity index (χ1v) is 4.85. The fourth-order valence-electron chi connectivity index (χ4n) is 1.42. The maximum atomic E-state index is 10.9. The van der Waals surface area contributed by atoms with E-state index >= 15 is 0 Å². The van der Waals surface area contributed by atoms with E-state index in [0.29, 0.717) is 5.56 Å². The Hall–Kier alpha value is -1.91. The summed E-state index contributed by atoms with van der Waals surface area (Å²) >= 11 is 0. The Bertz CT molecular complexity index is 503. The quantitative estimate of drug-likeness (QED) is 0.802. The fraction of sp³-hybridized carbons (Fsp3) is 0.300. The molecule has 2 aromatic heterocycles. The van der Waals surface area contributed by atoms with Crippen LogP contribution in [0.2, 0.25) is 0 Å². The minimum atomic E-state index is -0.447. The Morgan fingerprint density at radius 1 is 1.60 bits per heavy atom. The molecule has 5 nitrogen and oxygen atoms in total. The van der Waals surface area contributed by atoms with Gasteiger partial charge in [0, 0.05) is 12.6 Å². The Labute approximate surface area is 86.9 Å². The van der Waals surface area contributed by atoms with E-state index in [1.165, 1.54) is 0 Å². The van der Waals surface area contributed by atoms with Gasteiger partial charge in [-0.25, -0.2) is 9.50 Å². The maximum absolute atomic E-state index is 10.9. The third-order valence-electron chi connectivity index (χ3n) is 2.16. The molecule has 0 aliphatic heterocycles. The number of nitrogens with two attached hydrogens (primary N) is 1. The number of hydrogen-bond donors (Lipinski definition) is 1. The second-order valence-corrected chi connectivity index (χ2v) is 3.39. The van der Waals surface area contributed by atoms with E-state index in [4.69, 9.17) is 5.73 Å². The van der Waals surface area contributed by atoms with Crippen LogP contribution in [0.5, 0.6) is 0 Å². The molecule has 0 radical (unpaired) electrons. The van der Waals surface area contributed by atoms with Crippen LogP contribution in [0.3, 0.4) is 0 Å². The highest BCUT2D eigenvalue weighted by Crippen LogP contribution is 2.07. The van der Waals surface area contributed by atoms with E-state index < -0.39 is 5.91 Å². The summed E-state index contributed by atoms with van der Waals surface area (Å²) in [6.07, 6.45) is 5.15. The first kappa shape index (κ1) is 9.64. The average molecular weight is 204 g/mol. The smallest absolute Gasteiger partial charge is 0.250 e. The summed E-state index contributed by atoms with van der Waals surface area (Å²) in [7, 11) is 0. The van der Waals surface area contributed by atoms with Gasteiger partial charge in [-0.1, -0.05) is 6.92 Å². The summed E-state index contributed by atoms with van der Waals surface area (Å²) < 4.78 is 1.64. The van der Waals surface area contributed by atoms with Crippen LogP contribution in [0.25, 0.3) is 5.52 Å². The zero-order valence-electron chi connectivity index (χ0n) is 8.47. The molecule has 0 unspecified atom stereocenters. The molecule has 2 N–H and O–H groups in total. The van der Waals surface area contributed by atoms with Gasteiger partial charge in [-0.3, -0.25) is 4.79 Å². The topological polar surface area (TPSA) is 73.3 Å². The van der Waals surface area contributed by atoms with Gasteiger partial charge in [-0.05, 0) is 12.5 Å². The molecule has 2 heterocycles. The van der Waals surface area contributed by atoms with Gasteiger partial charge in [0.05, 0.1) is 17.3 Å². The van der Waals surface area contributed by atoms with Gasteiger partial charge in [-0.15, -0.1) is 0 Å². The van der Waals surface area contributed by atoms with Gasteiger partial charge in [0.15, 0.2) is 0 Å². The van der Waals surface area contributed by atoms with Crippen LogP contribution in [0.15, 0.2) is 18.5 Å². The molecule has 0 atom stereocenters. The van der Waals surface area contributed by atoms with E-state index in [9.17, 15) is 4.79 Å². The summed E-state index contributed by atoms with van der Waals surface area (Å²) in [5.74, 6) is 0.328. The minimum Gasteiger partial charge on any atom is -0.366 e. The van der Waals surface area contributed by atoms with E-state index in [2.05, 4.69) is 17.0 Å². The summed E-state index contributed by atoms with van der Waals surface area (Å²) in [5, 5.41) is 4.27. The van der Waals surface area contributed by atoms with E-state index in [-0.39, 0.29) is 0 Å². The second kappa shape index (κ2) is 3.68. The highest BCUT2D eigenvalue weighted by Gasteiger charge is 2.06. The Morgan fingerprint density at radius 3 is 3.07 bits per heavy atom. The largest absolute Gasteiger partial charge is 0.366 e. The third kappa shape index (κ3) is 1.81. The van der Waals surface area contributed by atoms with Gasteiger partial charge < -0.3 is 5.73 Å². The predicted octanol–water partition coefficient (Wildman–Crippen LogP) is 0.781. The molecule has 2 aromatic rings. The molecule has 0 saturated carbocycles. The van der Waals surface area contributed by atoms with Gasteiger partial charge >= 0.3 is 0 Å². The van der Waals surface area contributed by atoms with Gasteiger partial charge in [0.1, 0.15) is 5.82 Å². The van der Waals surface area contributed by atoms with E-state index in [1.807, 2.05) is 0 Å². The minimum absolute atomic E-state index is 0.447. The standard InChI is InChI=1S/C10H12N4O/c1-2-3-9-12-5-8-4-7(10(11)15)6-14(8)13-9/h4-6H,2-3H2,1H3,(H2,11,15). The number of carbonyl (C=O) groups is 1. The van der Waals surface area contributed by atoms with Crippen LogP contribution in [0.1, 0.15) is 29.5 Å². The van der Waals surface area contributed by atoms with Crippen molar-refractivity contribution >= 4 is 11.4 Å². The fourth-order valence-corrected chi connectivity index (χ4v) is 1.42. The van der Waals surface area contributed by atoms with Gasteiger partial charge in [0.25, 0.3) is 0 Å². The summed E-state index contributed by atoms with van der Waals surface area (Å²) in [6.45, 7) is 2.07. The van der Waals surface area contributed by atoms with Crippen LogP contribution in [-0.4, -0.2) is 20.5 Å². The van der Waals surface area contributed by atoms with Crippen molar-refractivity contribution in [3.8, 4) is 0 Å². The number of hydrogen-bond acceptors (Lipinski definition) is 3. The summed E-state index contributed by atoms with van der Waals surface area (Å²) in [5.41, 5.74) is 6.41. The van der Waals surface area contributed by atoms with Gasteiger partial charge in [-0.2, -0.15) is 5.10 Å². The van der Waals surface area contributed by atoms with Crippen molar-refractivity contribution < 1.29 is 4.79 Å².